The summed E-state index contributed by atoms with van der Waals surface area (Å²) in [6, 6.07) is 11.7. The van der Waals surface area contributed by atoms with Gasteiger partial charge in [0.25, 0.3) is 0 Å². The van der Waals surface area contributed by atoms with Gasteiger partial charge in [-0.25, -0.2) is 5.43 Å². The predicted octanol–water partition coefficient (Wildman–Crippen LogP) is 4.16. The Kier molecular flexibility index (Phi) is 4.48. The van der Waals surface area contributed by atoms with Crippen molar-refractivity contribution in [3.05, 3.63) is 68.7 Å². The van der Waals surface area contributed by atoms with Crippen molar-refractivity contribution in [1.29, 1.82) is 0 Å². The third-order valence-electron chi connectivity index (χ3n) is 3.09. The van der Waals surface area contributed by atoms with Crippen LogP contribution in [0.3, 0.4) is 0 Å². The maximum atomic E-state index is 6.17. The zero-order valence-corrected chi connectivity index (χ0v) is 12.4. The first-order valence-electron chi connectivity index (χ1n) is 6.00. The molecule has 0 heterocycles. The van der Waals surface area contributed by atoms with Crippen LogP contribution in [0.1, 0.15) is 28.3 Å². The van der Waals surface area contributed by atoms with Gasteiger partial charge in [0.05, 0.1) is 6.04 Å². The van der Waals surface area contributed by atoms with E-state index in [-0.39, 0.29) is 6.04 Å². The molecule has 0 aromatic heterocycles. The van der Waals surface area contributed by atoms with Crippen LogP contribution in [0, 0.1) is 13.8 Å². The number of nitrogens with two attached hydrogens (primary N) is 1. The minimum absolute atomic E-state index is 0.129. The van der Waals surface area contributed by atoms with E-state index < -0.39 is 0 Å². The van der Waals surface area contributed by atoms with Crippen LogP contribution in [0.4, 0.5) is 0 Å². The molecule has 0 saturated carbocycles. The van der Waals surface area contributed by atoms with E-state index in [1.165, 1.54) is 0 Å². The summed E-state index contributed by atoms with van der Waals surface area (Å²) in [6.45, 7) is 3.98. The van der Waals surface area contributed by atoms with Crippen molar-refractivity contribution < 1.29 is 0 Å². The summed E-state index contributed by atoms with van der Waals surface area (Å²) >= 11 is 12.3. The Hall–Kier alpha value is -1.06. The summed E-state index contributed by atoms with van der Waals surface area (Å²) in [4.78, 5) is 0. The van der Waals surface area contributed by atoms with E-state index in [0.717, 1.165) is 27.3 Å². The second-order valence-electron chi connectivity index (χ2n) is 4.67. The summed E-state index contributed by atoms with van der Waals surface area (Å²) in [5.74, 6) is 5.69. The molecule has 100 valence electrons. The number of hydrogen-bond acceptors (Lipinski definition) is 2. The summed E-state index contributed by atoms with van der Waals surface area (Å²) in [7, 11) is 0. The number of benzene rings is 2. The molecule has 4 heteroatoms. The van der Waals surface area contributed by atoms with Crippen LogP contribution < -0.4 is 11.3 Å². The van der Waals surface area contributed by atoms with Crippen molar-refractivity contribution >= 4 is 23.2 Å². The molecular weight excluding hydrogens is 279 g/mol. The molecule has 3 N–H and O–H groups in total. The molecule has 0 fully saturated rings. The molecule has 0 aliphatic carbocycles. The van der Waals surface area contributed by atoms with Gasteiger partial charge in [-0.2, -0.15) is 0 Å². The Labute approximate surface area is 123 Å². The molecule has 0 amide bonds. The van der Waals surface area contributed by atoms with E-state index in [1.807, 2.05) is 44.2 Å². The highest BCUT2D eigenvalue weighted by Crippen LogP contribution is 2.28. The smallest absolute Gasteiger partial charge is 0.0711 e. The Balaban J connectivity index is 2.46. The monoisotopic (exact) mass is 294 g/mol. The third kappa shape index (κ3) is 3.28. The van der Waals surface area contributed by atoms with Crippen LogP contribution in [0.25, 0.3) is 0 Å². The Morgan fingerprint density at radius 2 is 1.74 bits per heavy atom. The van der Waals surface area contributed by atoms with Crippen LogP contribution >= 0.6 is 23.2 Å². The largest absolute Gasteiger partial charge is 0.271 e. The van der Waals surface area contributed by atoms with Gasteiger partial charge in [0, 0.05) is 10.0 Å². The lowest BCUT2D eigenvalue weighted by Crippen LogP contribution is -2.28. The lowest BCUT2D eigenvalue weighted by atomic mass is 9.97. The summed E-state index contributed by atoms with van der Waals surface area (Å²) in [5, 5.41) is 1.44. The van der Waals surface area contributed by atoms with Crippen molar-refractivity contribution in [1.82, 2.24) is 5.43 Å². The van der Waals surface area contributed by atoms with Gasteiger partial charge in [0.15, 0.2) is 0 Å². The maximum absolute atomic E-state index is 6.17. The van der Waals surface area contributed by atoms with Crippen LogP contribution in [0.2, 0.25) is 10.0 Å². The zero-order valence-electron chi connectivity index (χ0n) is 10.9. The summed E-state index contributed by atoms with van der Waals surface area (Å²) < 4.78 is 0. The Bertz CT molecular complexity index is 576. The molecule has 0 bridgehead atoms. The van der Waals surface area contributed by atoms with Gasteiger partial charge in [0.2, 0.25) is 0 Å². The topological polar surface area (TPSA) is 38.0 Å². The highest BCUT2D eigenvalue weighted by molar-refractivity contribution is 6.31. The van der Waals surface area contributed by atoms with E-state index in [0.29, 0.717) is 5.02 Å². The number of rotatable bonds is 3. The average molecular weight is 295 g/mol. The molecule has 0 radical (unpaired) electrons. The molecular formula is C15H16Cl2N2. The van der Waals surface area contributed by atoms with Gasteiger partial charge in [-0.15, -0.1) is 0 Å². The van der Waals surface area contributed by atoms with Crippen molar-refractivity contribution in [3.8, 4) is 0 Å². The first-order chi connectivity index (χ1) is 9.01. The molecule has 0 aliphatic rings. The van der Waals surface area contributed by atoms with Crippen molar-refractivity contribution in [3.63, 3.8) is 0 Å². The molecule has 2 nitrogen and oxygen atoms in total. The predicted molar refractivity (Wildman–Crippen MR) is 81.5 cm³/mol. The van der Waals surface area contributed by atoms with Gasteiger partial charge < -0.3 is 0 Å². The van der Waals surface area contributed by atoms with E-state index in [9.17, 15) is 0 Å². The second-order valence-corrected chi connectivity index (χ2v) is 5.51. The minimum atomic E-state index is -0.129. The van der Waals surface area contributed by atoms with Gasteiger partial charge in [-0.3, -0.25) is 5.84 Å². The Morgan fingerprint density at radius 3 is 2.32 bits per heavy atom. The van der Waals surface area contributed by atoms with Gasteiger partial charge in [-0.05, 0) is 54.3 Å². The molecule has 2 aromatic carbocycles. The number of nitrogens with one attached hydrogen (secondary N) is 1. The minimum Gasteiger partial charge on any atom is -0.271 e. The number of halogens is 2. The summed E-state index contributed by atoms with van der Waals surface area (Å²) in [6.07, 6.45) is 0. The first kappa shape index (κ1) is 14.4. The van der Waals surface area contributed by atoms with Crippen LogP contribution in [0.15, 0.2) is 36.4 Å². The number of hydrogen-bond donors (Lipinski definition) is 2. The van der Waals surface area contributed by atoms with Gasteiger partial charge >= 0.3 is 0 Å². The quantitative estimate of drug-likeness (QED) is 0.659. The zero-order chi connectivity index (χ0) is 14.0. The standard InChI is InChI=1S/C15H16Cl2N2/c1-9-5-12(7-13(16)6-9)15(19-18)11-4-3-10(2)14(17)8-11/h3-8,15,19H,18H2,1-2H3. The fourth-order valence-electron chi connectivity index (χ4n) is 2.10. The lowest BCUT2D eigenvalue weighted by Gasteiger charge is -2.18. The van der Waals surface area contributed by atoms with Crippen molar-refractivity contribution in [2.75, 3.05) is 0 Å². The highest BCUT2D eigenvalue weighted by Gasteiger charge is 2.14. The fraction of sp³-hybridized carbons (Fsp3) is 0.200. The molecule has 2 rings (SSSR count). The molecule has 0 spiro atoms. The van der Waals surface area contributed by atoms with Gasteiger partial charge in [-0.1, -0.05) is 41.4 Å². The van der Waals surface area contributed by atoms with Crippen LogP contribution in [-0.4, -0.2) is 0 Å². The van der Waals surface area contributed by atoms with Crippen LogP contribution in [-0.2, 0) is 0 Å². The number of aryl methyl sites for hydroxylation is 2. The molecule has 0 aliphatic heterocycles. The van der Waals surface area contributed by atoms with E-state index >= 15 is 0 Å². The fourth-order valence-corrected chi connectivity index (χ4v) is 2.59. The van der Waals surface area contributed by atoms with Gasteiger partial charge in [0.1, 0.15) is 0 Å². The first-order valence-corrected chi connectivity index (χ1v) is 6.76. The summed E-state index contributed by atoms with van der Waals surface area (Å²) in [5.41, 5.74) is 7.00. The van der Waals surface area contributed by atoms with Crippen molar-refractivity contribution in [2.45, 2.75) is 19.9 Å². The molecule has 1 atom stereocenters. The van der Waals surface area contributed by atoms with E-state index in [1.54, 1.807) is 0 Å². The maximum Gasteiger partial charge on any atom is 0.0711 e. The molecule has 0 saturated heterocycles. The second kappa shape index (κ2) is 5.93. The molecule has 2 aromatic rings. The Morgan fingerprint density at radius 1 is 1.00 bits per heavy atom. The third-order valence-corrected chi connectivity index (χ3v) is 3.72. The van der Waals surface area contributed by atoms with Crippen molar-refractivity contribution in [2.24, 2.45) is 5.84 Å². The lowest BCUT2D eigenvalue weighted by molar-refractivity contribution is 0.636. The normalized spacial score (nSPS) is 12.5. The average Bonchev–Trinajstić information content (AvgIpc) is 2.33. The van der Waals surface area contributed by atoms with E-state index in [4.69, 9.17) is 29.0 Å². The van der Waals surface area contributed by atoms with Crippen LogP contribution in [0.5, 0.6) is 0 Å². The SMILES string of the molecule is Cc1cc(Cl)cc(C(NN)c2ccc(C)c(Cl)c2)c1. The number of hydrazine groups is 1. The molecule has 1 unspecified atom stereocenters. The van der Waals surface area contributed by atoms with E-state index in [2.05, 4.69) is 11.5 Å². The highest BCUT2D eigenvalue weighted by atomic mass is 35.5. The molecule has 19 heavy (non-hydrogen) atoms.